The van der Waals surface area contributed by atoms with E-state index in [9.17, 15) is 22.8 Å². The van der Waals surface area contributed by atoms with Gasteiger partial charge in [-0.2, -0.15) is 0 Å². The lowest BCUT2D eigenvalue weighted by Gasteiger charge is -2.37. The number of sulfone groups is 1. The van der Waals surface area contributed by atoms with Gasteiger partial charge in [-0.15, -0.1) is 0 Å². The second-order valence-corrected chi connectivity index (χ2v) is 10.9. The molecule has 2 aliphatic rings. The molecule has 2 aromatic carbocycles. The van der Waals surface area contributed by atoms with Crippen molar-refractivity contribution >= 4 is 33.6 Å². The van der Waals surface area contributed by atoms with Crippen molar-refractivity contribution in [3.63, 3.8) is 0 Å². The first-order chi connectivity index (χ1) is 16.7. The van der Waals surface area contributed by atoms with Crippen LogP contribution in [0, 0.1) is 5.92 Å². The molecule has 2 aliphatic heterocycles. The Kier molecular flexibility index (Phi) is 7.25. The second-order valence-electron chi connectivity index (χ2n) is 8.67. The lowest BCUT2D eigenvalue weighted by atomic mass is 10.00. The number of piperidine rings is 1. The first-order valence-electron chi connectivity index (χ1n) is 11.3. The van der Waals surface area contributed by atoms with Crippen molar-refractivity contribution in [1.82, 2.24) is 9.80 Å². The standard InChI is InChI=1S/C24H27N3O7S/c28-22(18-14-27(15-18)24(31)34-16-17-4-2-1-3-5-17)25-19-6-8-20(9-7-19)35(32,33)21-10-12-26(13-11-21)23(29)30/h1-9,18,21H,10-16H2,(H,25,28)(H,29,30). The van der Waals surface area contributed by atoms with Gasteiger partial charge >= 0.3 is 12.2 Å². The third-order valence-electron chi connectivity index (χ3n) is 6.32. The molecule has 0 aliphatic carbocycles. The Labute approximate surface area is 203 Å². The summed E-state index contributed by atoms with van der Waals surface area (Å²) in [5.74, 6) is -0.629. The molecule has 10 nitrogen and oxygen atoms in total. The van der Waals surface area contributed by atoms with E-state index in [-0.39, 0.29) is 62.3 Å². The van der Waals surface area contributed by atoms with E-state index >= 15 is 0 Å². The van der Waals surface area contributed by atoms with Gasteiger partial charge in [-0.05, 0) is 42.7 Å². The fraction of sp³-hybridized carbons (Fsp3) is 0.375. The maximum absolute atomic E-state index is 12.9. The van der Waals surface area contributed by atoms with E-state index in [0.29, 0.717) is 5.69 Å². The Bertz CT molecular complexity index is 1170. The zero-order chi connectivity index (χ0) is 25.0. The number of hydrogen-bond donors (Lipinski definition) is 2. The van der Waals surface area contributed by atoms with Crippen molar-refractivity contribution in [3.05, 3.63) is 60.2 Å². The predicted molar refractivity (Wildman–Crippen MR) is 127 cm³/mol. The van der Waals surface area contributed by atoms with Gasteiger partial charge in [0.15, 0.2) is 9.84 Å². The Morgan fingerprint density at radius 2 is 1.57 bits per heavy atom. The third-order valence-corrected chi connectivity index (χ3v) is 8.60. The molecule has 0 bridgehead atoms. The number of ether oxygens (including phenoxy) is 1. The second kappa shape index (κ2) is 10.3. The van der Waals surface area contributed by atoms with Gasteiger partial charge in [-0.1, -0.05) is 30.3 Å². The van der Waals surface area contributed by atoms with Crippen molar-refractivity contribution in [2.45, 2.75) is 29.6 Å². The highest BCUT2D eigenvalue weighted by molar-refractivity contribution is 7.92. The fourth-order valence-corrected chi connectivity index (χ4v) is 5.86. The maximum Gasteiger partial charge on any atom is 0.410 e. The molecule has 0 radical (unpaired) electrons. The highest BCUT2D eigenvalue weighted by atomic mass is 32.2. The van der Waals surface area contributed by atoms with Crippen LogP contribution in [0.2, 0.25) is 0 Å². The van der Waals surface area contributed by atoms with E-state index in [1.165, 1.54) is 34.1 Å². The zero-order valence-electron chi connectivity index (χ0n) is 19.0. The summed E-state index contributed by atoms with van der Waals surface area (Å²) in [4.78, 5) is 38.5. The van der Waals surface area contributed by atoms with Crippen LogP contribution in [0.15, 0.2) is 59.5 Å². The first-order valence-corrected chi connectivity index (χ1v) is 12.9. The maximum atomic E-state index is 12.9. The molecule has 2 N–H and O–H groups in total. The summed E-state index contributed by atoms with van der Waals surface area (Å²) in [5.41, 5.74) is 1.34. The number of hydrogen-bond acceptors (Lipinski definition) is 6. The van der Waals surface area contributed by atoms with E-state index < -0.39 is 27.3 Å². The molecule has 2 aromatic rings. The largest absolute Gasteiger partial charge is 0.465 e. The third kappa shape index (κ3) is 5.73. The van der Waals surface area contributed by atoms with Crippen LogP contribution in [0.5, 0.6) is 0 Å². The van der Waals surface area contributed by atoms with Gasteiger partial charge < -0.3 is 25.0 Å². The van der Waals surface area contributed by atoms with Crippen molar-refractivity contribution in [1.29, 1.82) is 0 Å². The molecule has 11 heteroatoms. The summed E-state index contributed by atoms with van der Waals surface area (Å²) in [6.07, 6.45) is -1.01. The molecule has 186 valence electrons. The lowest BCUT2D eigenvalue weighted by Crippen LogP contribution is -2.54. The van der Waals surface area contributed by atoms with Gasteiger partial charge in [0.1, 0.15) is 6.61 Å². The molecule has 0 spiro atoms. The highest BCUT2D eigenvalue weighted by Crippen LogP contribution is 2.26. The monoisotopic (exact) mass is 501 g/mol. The number of likely N-dealkylation sites (tertiary alicyclic amines) is 2. The van der Waals surface area contributed by atoms with Crippen molar-refractivity contribution in [2.24, 2.45) is 5.92 Å². The van der Waals surface area contributed by atoms with E-state index in [1.807, 2.05) is 30.3 Å². The van der Waals surface area contributed by atoms with Crippen molar-refractivity contribution in [3.8, 4) is 0 Å². The Morgan fingerprint density at radius 3 is 2.17 bits per heavy atom. The molecule has 35 heavy (non-hydrogen) atoms. The molecular formula is C24H27N3O7S. The summed E-state index contributed by atoms with van der Waals surface area (Å²) in [5, 5.41) is 11.1. The van der Waals surface area contributed by atoms with Crippen LogP contribution < -0.4 is 5.32 Å². The van der Waals surface area contributed by atoms with E-state index in [0.717, 1.165) is 5.56 Å². The minimum absolute atomic E-state index is 0.139. The van der Waals surface area contributed by atoms with E-state index in [2.05, 4.69) is 5.32 Å². The molecule has 0 saturated carbocycles. The topological polar surface area (TPSA) is 133 Å². The molecule has 2 fully saturated rings. The number of nitrogens with zero attached hydrogens (tertiary/aromatic N) is 2. The molecule has 0 aromatic heterocycles. The Balaban J connectivity index is 1.24. The smallest absolute Gasteiger partial charge is 0.410 e. The molecule has 3 amide bonds. The molecule has 0 atom stereocenters. The molecular weight excluding hydrogens is 474 g/mol. The van der Waals surface area contributed by atoms with Gasteiger partial charge in [0.25, 0.3) is 0 Å². The van der Waals surface area contributed by atoms with Crippen molar-refractivity contribution < 1.29 is 32.6 Å². The molecule has 0 unspecified atom stereocenters. The fourth-order valence-electron chi connectivity index (χ4n) is 4.13. The summed E-state index contributed by atoms with van der Waals surface area (Å²) >= 11 is 0. The molecule has 2 saturated heterocycles. The number of carbonyl (C=O) groups is 3. The SMILES string of the molecule is O=C(Nc1ccc(S(=O)(=O)C2CCN(C(=O)O)CC2)cc1)C1CN(C(=O)OCc2ccccc2)C1. The number of nitrogens with one attached hydrogen (secondary N) is 1. The number of benzene rings is 2. The number of anilines is 1. The van der Waals surface area contributed by atoms with Crippen molar-refractivity contribution in [2.75, 3.05) is 31.5 Å². The summed E-state index contributed by atoms with van der Waals surface area (Å²) in [6, 6.07) is 15.3. The van der Waals surface area contributed by atoms with Gasteiger partial charge in [-0.3, -0.25) is 4.79 Å². The molecule has 4 rings (SSSR count). The minimum Gasteiger partial charge on any atom is -0.465 e. The number of carboxylic acid groups (broad SMARTS) is 1. The summed E-state index contributed by atoms with van der Waals surface area (Å²) < 4.78 is 31.1. The normalized spacial score (nSPS) is 16.9. The quantitative estimate of drug-likeness (QED) is 0.622. The van der Waals surface area contributed by atoms with Gasteiger partial charge in [-0.25, -0.2) is 18.0 Å². The van der Waals surface area contributed by atoms with Crippen LogP contribution in [0.25, 0.3) is 0 Å². The van der Waals surface area contributed by atoms with Crippen LogP contribution in [0.3, 0.4) is 0 Å². The Morgan fingerprint density at radius 1 is 0.943 bits per heavy atom. The predicted octanol–water partition coefficient (Wildman–Crippen LogP) is 2.81. The van der Waals surface area contributed by atoms with E-state index in [1.54, 1.807) is 0 Å². The van der Waals surface area contributed by atoms with Crippen LogP contribution >= 0.6 is 0 Å². The number of amides is 3. The zero-order valence-corrected chi connectivity index (χ0v) is 19.8. The minimum atomic E-state index is -3.60. The van der Waals surface area contributed by atoms with Gasteiger partial charge in [0.2, 0.25) is 5.91 Å². The number of rotatable bonds is 6. The van der Waals surface area contributed by atoms with Crippen LogP contribution in [0.4, 0.5) is 15.3 Å². The van der Waals surface area contributed by atoms with Crippen LogP contribution in [0.1, 0.15) is 18.4 Å². The average Bonchev–Trinajstić information content (AvgIpc) is 2.83. The van der Waals surface area contributed by atoms with Gasteiger partial charge in [0, 0.05) is 31.9 Å². The highest BCUT2D eigenvalue weighted by Gasteiger charge is 2.37. The molecule has 2 heterocycles. The lowest BCUT2D eigenvalue weighted by molar-refractivity contribution is -0.124. The van der Waals surface area contributed by atoms with Crippen LogP contribution in [-0.2, 0) is 26.0 Å². The number of carbonyl (C=O) groups excluding carboxylic acids is 2. The summed E-state index contributed by atoms with van der Waals surface area (Å²) in [6.45, 7) is 1.04. The Hall–Kier alpha value is -3.60. The summed E-state index contributed by atoms with van der Waals surface area (Å²) in [7, 11) is -3.60. The van der Waals surface area contributed by atoms with Crippen LogP contribution in [-0.4, -0.2) is 72.8 Å². The van der Waals surface area contributed by atoms with Gasteiger partial charge in [0.05, 0.1) is 16.1 Å². The average molecular weight is 502 g/mol. The first kappa shape index (κ1) is 24.5. The van der Waals surface area contributed by atoms with E-state index in [4.69, 9.17) is 9.84 Å².